The van der Waals surface area contributed by atoms with Crippen LogP contribution in [0, 0.1) is 0 Å². The maximum absolute atomic E-state index is 13.2. The maximum atomic E-state index is 13.2. The normalized spacial score (nSPS) is 17.6. The number of piperazine rings is 1. The average molecular weight is 526 g/mol. The highest BCUT2D eigenvalue weighted by Crippen LogP contribution is 2.39. The minimum Gasteiger partial charge on any atom is -0.444 e. The minimum atomic E-state index is -4.69. The van der Waals surface area contributed by atoms with E-state index in [1.54, 1.807) is 41.7 Å². The number of thioether (sulfide) groups is 1. The highest BCUT2D eigenvalue weighted by Gasteiger charge is 2.40. The van der Waals surface area contributed by atoms with Crippen LogP contribution < -0.4 is 4.90 Å². The Bertz CT molecular complexity index is 917. The van der Waals surface area contributed by atoms with E-state index in [0.717, 1.165) is 11.8 Å². The first-order chi connectivity index (χ1) is 15.8. The first-order valence-electron chi connectivity index (χ1n) is 10.6. The molecule has 0 radical (unpaired) electrons. The Balaban J connectivity index is 1.46. The van der Waals surface area contributed by atoms with Crippen LogP contribution in [0.4, 0.5) is 23.8 Å². The van der Waals surface area contributed by atoms with Gasteiger partial charge in [0.25, 0.3) is 0 Å². The highest BCUT2D eigenvalue weighted by atomic mass is 35.5. The number of carbonyl (C=O) groups is 2. The van der Waals surface area contributed by atoms with Crippen molar-refractivity contribution in [3.8, 4) is 0 Å². The van der Waals surface area contributed by atoms with Crippen molar-refractivity contribution in [2.24, 2.45) is 0 Å². The van der Waals surface area contributed by atoms with Crippen LogP contribution >= 0.6 is 23.4 Å². The molecule has 0 aliphatic carbocycles. The SMILES string of the molecule is CSc1nc(N2CC(OCC(=O)N3CCN(C(=O)OC(C)(C)C)CC3)C2)c(Cl)c(C(F)(F)F)n1. The third-order valence-electron chi connectivity index (χ3n) is 5.14. The van der Waals surface area contributed by atoms with Crippen molar-refractivity contribution >= 4 is 41.2 Å². The first kappa shape index (κ1) is 26.6. The molecular formula is C20H27ClF3N5O4S. The Hall–Kier alpha value is -1.99. The van der Waals surface area contributed by atoms with Crippen LogP contribution in [0.3, 0.4) is 0 Å². The van der Waals surface area contributed by atoms with Crippen molar-refractivity contribution in [3.63, 3.8) is 0 Å². The molecule has 190 valence electrons. The van der Waals surface area contributed by atoms with Gasteiger partial charge in [-0.25, -0.2) is 14.8 Å². The Morgan fingerprint density at radius 2 is 1.68 bits per heavy atom. The fraction of sp³-hybridized carbons (Fsp3) is 0.700. The second-order valence-electron chi connectivity index (χ2n) is 8.88. The van der Waals surface area contributed by atoms with E-state index in [1.165, 1.54) is 0 Å². The number of ether oxygens (including phenoxy) is 2. The summed E-state index contributed by atoms with van der Waals surface area (Å²) in [4.78, 5) is 36.9. The molecular weight excluding hydrogens is 499 g/mol. The fourth-order valence-electron chi connectivity index (χ4n) is 3.37. The molecule has 2 amide bonds. The van der Waals surface area contributed by atoms with Crippen LogP contribution in [0.15, 0.2) is 5.16 Å². The summed E-state index contributed by atoms with van der Waals surface area (Å²) < 4.78 is 50.7. The summed E-state index contributed by atoms with van der Waals surface area (Å²) in [6.07, 6.45) is -3.87. The van der Waals surface area contributed by atoms with Crippen LogP contribution in [-0.2, 0) is 20.4 Å². The summed E-state index contributed by atoms with van der Waals surface area (Å²) in [5.74, 6) is -0.218. The first-order valence-corrected chi connectivity index (χ1v) is 12.2. The van der Waals surface area contributed by atoms with Gasteiger partial charge in [-0.1, -0.05) is 23.4 Å². The monoisotopic (exact) mass is 525 g/mol. The molecule has 0 N–H and O–H groups in total. The zero-order valence-corrected chi connectivity index (χ0v) is 20.9. The summed E-state index contributed by atoms with van der Waals surface area (Å²) in [5, 5.41) is -0.584. The van der Waals surface area contributed by atoms with Gasteiger partial charge in [-0.3, -0.25) is 4.79 Å². The van der Waals surface area contributed by atoms with Crippen LogP contribution in [0.1, 0.15) is 26.5 Å². The molecule has 1 aromatic rings. The molecule has 0 saturated carbocycles. The maximum Gasteiger partial charge on any atom is 0.435 e. The van der Waals surface area contributed by atoms with Crippen LogP contribution in [0.25, 0.3) is 0 Å². The number of aromatic nitrogens is 2. The second kappa shape index (κ2) is 10.3. The third kappa shape index (κ3) is 6.57. The lowest BCUT2D eigenvalue weighted by atomic mass is 10.1. The summed E-state index contributed by atoms with van der Waals surface area (Å²) in [7, 11) is 0. The van der Waals surface area contributed by atoms with Gasteiger partial charge in [-0.2, -0.15) is 13.2 Å². The average Bonchev–Trinajstić information content (AvgIpc) is 2.71. The number of hydrogen-bond donors (Lipinski definition) is 0. The van der Waals surface area contributed by atoms with Crippen LogP contribution in [-0.4, -0.2) is 95.6 Å². The Morgan fingerprint density at radius 3 is 2.21 bits per heavy atom. The fourth-order valence-corrected chi connectivity index (χ4v) is 4.04. The van der Waals surface area contributed by atoms with Crippen molar-refractivity contribution in [2.75, 3.05) is 57.0 Å². The zero-order chi connectivity index (χ0) is 25.3. The number of alkyl halides is 3. The molecule has 3 rings (SSSR count). The molecule has 0 bridgehead atoms. The third-order valence-corrected chi connectivity index (χ3v) is 6.03. The topological polar surface area (TPSA) is 88.1 Å². The Morgan fingerprint density at radius 1 is 1.09 bits per heavy atom. The number of halogens is 4. The molecule has 0 unspecified atom stereocenters. The molecule has 3 heterocycles. The predicted octanol–water partition coefficient (Wildman–Crippen LogP) is 3.16. The van der Waals surface area contributed by atoms with Gasteiger partial charge in [0, 0.05) is 39.3 Å². The molecule has 0 aromatic carbocycles. The summed E-state index contributed by atoms with van der Waals surface area (Å²) >= 11 is 6.93. The van der Waals surface area contributed by atoms with Crippen molar-refractivity contribution in [1.82, 2.24) is 19.8 Å². The summed E-state index contributed by atoms with van der Waals surface area (Å²) in [6.45, 7) is 7.18. The lowest BCUT2D eigenvalue weighted by Crippen LogP contribution is -2.55. The van der Waals surface area contributed by atoms with E-state index in [4.69, 9.17) is 21.1 Å². The molecule has 9 nitrogen and oxygen atoms in total. The lowest BCUT2D eigenvalue weighted by molar-refractivity contribution is -0.142. The molecule has 2 saturated heterocycles. The van der Waals surface area contributed by atoms with Gasteiger partial charge in [-0.15, -0.1) is 0 Å². The van der Waals surface area contributed by atoms with E-state index in [-0.39, 0.29) is 42.7 Å². The number of anilines is 1. The molecule has 2 aliphatic rings. The quantitative estimate of drug-likeness (QED) is 0.428. The van der Waals surface area contributed by atoms with Gasteiger partial charge in [0.2, 0.25) is 5.91 Å². The summed E-state index contributed by atoms with van der Waals surface area (Å²) in [5.41, 5.74) is -1.76. The number of rotatable bonds is 5. The number of amides is 2. The zero-order valence-electron chi connectivity index (χ0n) is 19.3. The van der Waals surface area contributed by atoms with Crippen LogP contribution in [0.2, 0.25) is 5.02 Å². The lowest BCUT2D eigenvalue weighted by Gasteiger charge is -2.40. The van der Waals surface area contributed by atoms with E-state index in [1.807, 2.05) is 0 Å². The molecule has 14 heteroatoms. The van der Waals surface area contributed by atoms with Crippen molar-refractivity contribution < 1.29 is 32.2 Å². The van der Waals surface area contributed by atoms with E-state index in [9.17, 15) is 22.8 Å². The van der Waals surface area contributed by atoms with E-state index in [0.29, 0.717) is 26.2 Å². The largest absolute Gasteiger partial charge is 0.444 e. The number of nitrogens with zero attached hydrogens (tertiary/aromatic N) is 5. The number of carbonyl (C=O) groups excluding carboxylic acids is 2. The van der Waals surface area contributed by atoms with E-state index in [2.05, 4.69) is 9.97 Å². The number of hydrogen-bond acceptors (Lipinski definition) is 8. The van der Waals surface area contributed by atoms with E-state index >= 15 is 0 Å². The van der Waals surface area contributed by atoms with Gasteiger partial charge >= 0.3 is 12.3 Å². The molecule has 2 aliphatic heterocycles. The van der Waals surface area contributed by atoms with Crippen LogP contribution in [0.5, 0.6) is 0 Å². The van der Waals surface area contributed by atoms with Crippen molar-refractivity contribution in [2.45, 2.75) is 43.8 Å². The molecule has 2 fully saturated rings. The van der Waals surface area contributed by atoms with Crippen molar-refractivity contribution in [1.29, 1.82) is 0 Å². The van der Waals surface area contributed by atoms with Crippen molar-refractivity contribution in [3.05, 3.63) is 10.7 Å². The van der Waals surface area contributed by atoms with E-state index < -0.39 is 28.6 Å². The molecule has 0 spiro atoms. The molecule has 1 aromatic heterocycles. The van der Waals surface area contributed by atoms with Gasteiger partial charge in [0.05, 0.1) is 6.10 Å². The molecule has 34 heavy (non-hydrogen) atoms. The van der Waals surface area contributed by atoms with Gasteiger partial charge in [0.15, 0.2) is 16.7 Å². The Kier molecular flexibility index (Phi) is 8.08. The smallest absolute Gasteiger partial charge is 0.435 e. The summed E-state index contributed by atoms with van der Waals surface area (Å²) in [6, 6.07) is 0. The van der Waals surface area contributed by atoms with Gasteiger partial charge < -0.3 is 24.2 Å². The van der Waals surface area contributed by atoms with Gasteiger partial charge in [0.1, 0.15) is 17.2 Å². The standard InChI is InChI=1S/C20H27ClF3N5O4S/c1-19(2,3)33-18(31)28-7-5-27(6-8-28)13(30)11-32-12-9-29(10-12)16-14(21)15(20(22,23)24)25-17(26-16)34-4/h12H,5-11H2,1-4H3. The Labute approximate surface area is 204 Å². The highest BCUT2D eigenvalue weighted by molar-refractivity contribution is 7.98. The minimum absolute atomic E-state index is 0.00205. The molecule has 0 atom stereocenters. The predicted molar refractivity (Wildman–Crippen MR) is 120 cm³/mol. The van der Waals surface area contributed by atoms with Gasteiger partial charge in [-0.05, 0) is 27.0 Å². The second-order valence-corrected chi connectivity index (χ2v) is 10.0.